The quantitative estimate of drug-likeness (QED) is 0.278. The molecule has 0 radical (unpaired) electrons. The Morgan fingerprint density at radius 2 is 1.54 bits per heavy atom. The van der Waals surface area contributed by atoms with Gasteiger partial charge in [-0.15, -0.1) is 0 Å². The van der Waals surface area contributed by atoms with E-state index in [9.17, 15) is 0 Å². The second-order valence-corrected chi connectivity index (χ2v) is 17.0. The largest absolute Gasteiger partial charge is 0.493 e. The van der Waals surface area contributed by atoms with E-state index in [0.717, 1.165) is 27.8 Å². The normalized spacial score (nSPS) is 16.9. The van der Waals surface area contributed by atoms with Gasteiger partial charge in [0.25, 0.3) is 0 Å². The number of methoxy groups -OCH3 is 2. The van der Waals surface area contributed by atoms with Crippen LogP contribution < -0.4 is 28.4 Å². The van der Waals surface area contributed by atoms with Crippen molar-refractivity contribution in [2.75, 3.05) is 27.8 Å². The molecule has 4 rings (SSSR count). The average Bonchev–Trinajstić information content (AvgIpc) is 3.50. The number of hydrogen-bond donors (Lipinski definition) is 0. The van der Waals surface area contributed by atoms with Gasteiger partial charge in [0.1, 0.15) is 0 Å². The zero-order chi connectivity index (χ0) is 27.1. The minimum atomic E-state index is -2.15. The Kier molecular flexibility index (Phi) is 7.98. The first-order chi connectivity index (χ1) is 17.4. The molecule has 2 aromatic rings. The Balaban J connectivity index is 1.71. The third-order valence-electron chi connectivity index (χ3n) is 7.98. The van der Waals surface area contributed by atoms with Gasteiger partial charge in [0.05, 0.1) is 24.8 Å². The molecule has 2 aliphatic heterocycles. The summed E-state index contributed by atoms with van der Waals surface area (Å²) in [6.45, 7) is 16.3. The minimum Gasteiger partial charge on any atom is -0.493 e. The van der Waals surface area contributed by atoms with Gasteiger partial charge in [-0.1, -0.05) is 34.6 Å². The second-order valence-electron chi connectivity index (χ2n) is 11.4. The van der Waals surface area contributed by atoms with Gasteiger partial charge in [0, 0.05) is 5.56 Å². The van der Waals surface area contributed by atoms with E-state index in [1.165, 1.54) is 0 Å². The van der Waals surface area contributed by atoms with Crippen LogP contribution in [0.5, 0.6) is 34.5 Å². The minimum absolute atomic E-state index is 0.0474. The lowest BCUT2D eigenvalue weighted by molar-refractivity contribution is 0.0950. The molecule has 2 heterocycles. The zero-order valence-corrected chi connectivity index (χ0v) is 25.9. The lowest BCUT2D eigenvalue weighted by atomic mass is 9.83. The van der Waals surface area contributed by atoms with Crippen molar-refractivity contribution in [3.63, 3.8) is 0 Å². The first-order valence-corrected chi connectivity index (χ1v) is 16.4. The summed E-state index contributed by atoms with van der Waals surface area (Å²) >= 11 is 3.82. The highest BCUT2D eigenvalue weighted by atomic mass is 79.9. The fourth-order valence-corrected chi connectivity index (χ4v) is 6.52. The summed E-state index contributed by atoms with van der Waals surface area (Å²) in [6.07, 6.45) is 0.634. The van der Waals surface area contributed by atoms with E-state index in [2.05, 4.69) is 69.7 Å². The van der Waals surface area contributed by atoms with Crippen molar-refractivity contribution in [3.05, 3.63) is 33.8 Å². The maximum Gasteiger partial charge on any atom is 0.231 e. The summed E-state index contributed by atoms with van der Waals surface area (Å²) in [7, 11) is 1.15. The smallest absolute Gasteiger partial charge is 0.231 e. The van der Waals surface area contributed by atoms with E-state index in [0.29, 0.717) is 28.7 Å². The summed E-state index contributed by atoms with van der Waals surface area (Å²) in [6, 6.07) is 6.14. The van der Waals surface area contributed by atoms with Crippen LogP contribution in [0.1, 0.15) is 51.8 Å². The molecule has 2 aromatic carbocycles. The molecular weight excluding hydrogens is 556 g/mol. The van der Waals surface area contributed by atoms with Gasteiger partial charge >= 0.3 is 0 Å². The predicted molar refractivity (Wildman–Crippen MR) is 149 cm³/mol. The second kappa shape index (κ2) is 10.6. The van der Waals surface area contributed by atoms with Crippen molar-refractivity contribution >= 4 is 24.2 Å². The molecule has 0 saturated heterocycles. The summed E-state index contributed by atoms with van der Waals surface area (Å²) in [5, 5.41) is 0.0474. The summed E-state index contributed by atoms with van der Waals surface area (Å²) in [4.78, 5) is 0. The van der Waals surface area contributed by atoms with Crippen molar-refractivity contribution < 1.29 is 32.8 Å². The lowest BCUT2D eigenvalue weighted by Crippen LogP contribution is -2.43. The lowest BCUT2D eigenvalue weighted by Gasteiger charge is -2.42. The van der Waals surface area contributed by atoms with Crippen molar-refractivity contribution in [2.24, 2.45) is 11.8 Å². The number of rotatable bonds is 9. The molecule has 7 nitrogen and oxygen atoms in total. The van der Waals surface area contributed by atoms with Crippen LogP contribution in [0.15, 0.2) is 22.7 Å². The molecule has 0 amide bonds. The van der Waals surface area contributed by atoms with Crippen LogP contribution in [0.2, 0.25) is 18.1 Å². The molecule has 2 aliphatic rings. The Bertz CT molecular complexity index is 1140. The molecule has 0 spiro atoms. The number of fused-ring (bicyclic) bond motifs is 2. The van der Waals surface area contributed by atoms with Crippen molar-refractivity contribution in [2.45, 2.75) is 65.3 Å². The van der Waals surface area contributed by atoms with Gasteiger partial charge in [-0.3, -0.25) is 0 Å². The zero-order valence-electron chi connectivity index (χ0n) is 23.3. The van der Waals surface area contributed by atoms with E-state index in [1.54, 1.807) is 14.2 Å². The first-order valence-electron chi connectivity index (χ1n) is 12.7. The monoisotopic (exact) mass is 594 g/mol. The van der Waals surface area contributed by atoms with E-state index < -0.39 is 8.32 Å². The maximum atomic E-state index is 7.16. The van der Waals surface area contributed by atoms with E-state index >= 15 is 0 Å². The van der Waals surface area contributed by atoms with Crippen LogP contribution in [0, 0.1) is 11.8 Å². The van der Waals surface area contributed by atoms with Crippen molar-refractivity contribution in [1.82, 2.24) is 0 Å². The molecule has 37 heavy (non-hydrogen) atoms. The topological polar surface area (TPSA) is 64.6 Å². The van der Waals surface area contributed by atoms with Crippen LogP contribution in [-0.2, 0) is 10.8 Å². The van der Waals surface area contributed by atoms with Crippen LogP contribution in [-0.4, -0.2) is 36.1 Å². The molecule has 9 heteroatoms. The van der Waals surface area contributed by atoms with Crippen LogP contribution in [0.3, 0.4) is 0 Å². The van der Waals surface area contributed by atoms with Gasteiger partial charge in [-0.2, -0.15) is 0 Å². The molecule has 0 unspecified atom stereocenters. The highest BCUT2D eigenvalue weighted by molar-refractivity contribution is 9.10. The summed E-state index contributed by atoms with van der Waals surface area (Å²) in [5.74, 6) is 4.46. The number of ether oxygens (including phenoxy) is 6. The van der Waals surface area contributed by atoms with Crippen molar-refractivity contribution in [3.8, 4) is 34.5 Å². The predicted octanol–water partition coefficient (Wildman–Crippen LogP) is 7.50. The molecule has 0 N–H and O–H groups in total. The molecule has 0 bridgehead atoms. The standard InChI is InChI=1S/C28H39BrO7Si/c1-16(10-18-11-20(30-6)25-21(12-18)32-14-34-25)17(2)24(36-37(8,9)28(3,4)5)19-13-22-26(35-15-33-22)27(31-7)23(19)29/h11-13,16-17,24H,10,14-15H2,1-9H3/t16-,17-,24-/m0/s1. The third kappa shape index (κ3) is 5.40. The van der Waals surface area contributed by atoms with Gasteiger partial charge in [0.2, 0.25) is 25.1 Å². The van der Waals surface area contributed by atoms with E-state index in [1.807, 2.05) is 12.1 Å². The molecule has 3 atom stereocenters. The molecule has 0 saturated carbocycles. The molecule has 0 aromatic heterocycles. The fraction of sp³-hybridized carbons (Fsp3) is 0.571. The Morgan fingerprint density at radius 3 is 2.14 bits per heavy atom. The molecule has 0 fully saturated rings. The number of hydrogen-bond acceptors (Lipinski definition) is 7. The Labute approximate surface area is 229 Å². The van der Waals surface area contributed by atoms with Gasteiger partial charge in [-0.25, -0.2) is 0 Å². The number of halogens is 1. The SMILES string of the molecule is COc1cc(C[C@H](C)[C@H](C)[C@H](O[Si](C)(C)C(C)(C)C)c2cc3c(c(OC)c2Br)OCO3)cc2c1OCO2. The Hall–Kier alpha value is -2.10. The van der Waals surface area contributed by atoms with E-state index in [4.69, 9.17) is 32.8 Å². The summed E-state index contributed by atoms with van der Waals surface area (Å²) < 4.78 is 42.0. The fourth-order valence-electron chi connectivity index (χ4n) is 4.50. The first kappa shape index (κ1) is 27.9. The van der Waals surface area contributed by atoms with Gasteiger partial charge in [0.15, 0.2) is 31.3 Å². The van der Waals surface area contributed by atoms with Crippen LogP contribution in [0.25, 0.3) is 0 Å². The summed E-state index contributed by atoms with van der Waals surface area (Å²) in [5.41, 5.74) is 2.14. The van der Waals surface area contributed by atoms with Gasteiger partial charge in [-0.05, 0) is 76.1 Å². The highest BCUT2D eigenvalue weighted by Crippen LogP contribution is 2.52. The average molecular weight is 596 g/mol. The van der Waals surface area contributed by atoms with E-state index in [-0.39, 0.29) is 36.6 Å². The van der Waals surface area contributed by atoms with Crippen molar-refractivity contribution in [1.29, 1.82) is 0 Å². The highest BCUT2D eigenvalue weighted by Gasteiger charge is 2.42. The maximum absolute atomic E-state index is 7.16. The van der Waals surface area contributed by atoms with Gasteiger partial charge < -0.3 is 32.8 Å². The molecular formula is C28H39BrO7Si. The molecule has 204 valence electrons. The van der Waals surface area contributed by atoms with Crippen LogP contribution in [0.4, 0.5) is 0 Å². The number of benzene rings is 2. The molecule has 0 aliphatic carbocycles. The third-order valence-corrected chi connectivity index (χ3v) is 13.3. The van der Waals surface area contributed by atoms with Crippen LogP contribution >= 0.6 is 15.9 Å². The Morgan fingerprint density at radius 1 is 0.919 bits per heavy atom.